The standard InChI is InChI=1S/C14H11Cl2NO/c1-17-14(18)10-4-2-3-9(7-10)12-8-11(15)5-6-13(12)16/h2-8H,1H3,(H,17,18). The van der Waals surface area contributed by atoms with Crippen molar-refractivity contribution in [2.75, 3.05) is 7.05 Å². The lowest BCUT2D eigenvalue weighted by Crippen LogP contribution is -2.17. The Morgan fingerprint density at radius 2 is 1.89 bits per heavy atom. The zero-order valence-corrected chi connectivity index (χ0v) is 11.2. The van der Waals surface area contributed by atoms with Gasteiger partial charge in [0.1, 0.15) is 0 Å². The van der Waals surface area contributed by atoms with E-state index in [4.69, 9.17) is 23.2 Å². The van der Waals surface area contributed by atoms with Gasteiger partial charge >= 0.3 is 0 Å². The molecule has 2 aromatic rings. The second-order valence-electron chi connectivity index (χ2n) is 3.78. The second-order valence-corrected chi connectivity index (χ2v) is 4.63. The Bertz CT molecular complexity index is 596. The Morgan fingerprint density at radius 1 is 1.11 bits per heavy atom. The minimum atomic E-state index is -0.130. The predicted molar refractivity (Wildman–Crippen MR) is 75.3 cm³/mol. The molecule has 0 atom stereocenters. The molecule has 0 spiro atoms. The third-order valence-electron chi connectivity index (χ3n) is 2.59. The van der Waals surface area contributed by atoms with E-state index < -0.39 is 0 Å². The van der Waals surface area contributed by atoms with Gasteiger partial charge in [-0.1, -0.05) is 35.3 Å². The number of amides is 1. The molecule has 0 heterocycles. The maximum atomic E-state index is 11.6. The molecule has 0 radical (unpaired) electrons. The maximum absolute atomic E-state index is 11.6. The normalized spacial score (nSPS) is 10.2. The minimum Gasteiger partial charge on any atom is -0.355 e. The lowest BCUT2D eigenvalue weighted by molar-refractivity contribution is 0.0963. The Hall–Kier alpha value is -1.51. The molecule has 0 aromatic heterocycles. The average molecular weight is 280 g/mol. The molecule has 1 N–H and O–H groups in total. The van der Waals surface area contributed by atoms with Crippen LogP contribution in [-0.2, 0) is 0 Å². The first kappa shape index (κ1) is 12.9. The van der Waals surface area contributed by atoms with Crippen LogP contribution < -0.4 is 5.32 Å². The number of benzene rings is 2. The van der Waals surface area contributed by atoms with Crippen molar-refractivity contribution in [1.29, 1.82) is 0 Å². The van der Waals surface area contributed by atoms with E-state index in [0.29, 0.717) is 15.6 Å². The van der Waals surface area contributed by atoms with Crippen LogP contribution in [0, 0.1) is 0 Å². The van der Waals surface area contributed by atoms with E-state index in [2.05, 4.69) is 5.32 Å². The van der Waals surface area contributed by atoms with E-state index >= 15 is 0 Å². The molecule has 2 aromatic carbocycles. The van der Waals surface area contributed by atoms with Crippen LogP contribution >= 0.6 is 23.2 Å². The molecule has 0 aliphatic heterocycles. The summed E-state index contributed by atoms with van der Waals surface area (Å²) in [5.74, 6) is -0.130. The van der Waals surface area contributed by atoms with Gasteiger partial charge in [0, 0.05) is 28.2 Å². The van der Waals surface area contributed by atoms with Gasteiger partial charge in [0.2, 0.25) is 0 Å². The minimum absolute atomic E-state index is 0.130. The van der Waals surface area contributed by atoms with Gasteiger partial charge in [-0.15, -0.1) is 0 Å². The van der Waals surface area contributed by atoms with Gasteiger partial charge in [-0.3, -0.25) is 4.79 Å². The molecular weight excluding hydrogens is 269 g/mol. The van der Waals surface area contributed by atoms with E-state index in [0.717, 1.165) is 11.1 Å². The largest absolute Gasteiger partial charge is 0.355 e. The number of carbonyl (C=O) groups excluding carboxylic acids is 1. The van der Waals surface area contributed by atoms with Crippen LogP contribution in [0.2, 0.25) is 10.0 Å². The SMILES string of the molecule is CNC(=O)c1cccc(-c2cc(Cl)ccc2Cl)c1. The van der Waals surface area contributed by atoms with Crippen molar-refractivity contribution >= 4 is 29.1 Å². The van der Waals surface area contributed by atoms with Gasteiger partial charge in [0.05, 0.1) is 0 Å². The first-order chi connectivity index (χ1) is 8.61. The molecule has 0 saturated carbocycles. The van der Waals surface area contributed by atoms with Gasteiger partial charge in [-0.2, -0.15) is 0 Å². The van der Waals surface area contributed by atoms with E-state index in [1.165, 1.54) is 0 Å². The van der Waals surface area contributed by atoms with Gasteiger partial charge in [0.15, 0.2) is 0 Å². The van der Waals surface area contributed by atoms with Crippen LogP contribution in [0.25, 0.3) is 11.1 Å². The summed E-state index contributed by atoms with van der Waals surface area (Å²) in [5.41, 5.74) is 2.27. The summed E-state index contributed by atoms with van der Waals surface area (Å²) in [6.45, 7) is 0. The van der Waals surface area contributed by atoms with Crippen LogP contribution in [-0.4, -0.2) is 13.0 Å². The second kappa shape index (κ2) is 5.42. The van der Waals surface area contributed by atoms with Crippen LogP contribution in [0.5, 0.6) is 0 Å². The molecule has 0 aliphatic rings. The number of carbonyl (C=O) groups is 1. The van der Waals surface area contributed by atoms with E-state index in [-0.39, 0.29) is 5.91 Å². The summed E-state index contributed by atoms with van der Waals surface area (Å²) < 4.78 is 0. The molecule has 1 amide bonds. The monoisotopic (exact) mass is 279 g/mol. The Labute approximate surface area is 116 Å². The molecule has 2 nitrogen and oxygen atoms in total. The van der Waals surface area contributed by atoms with Gasteiger partial charge in [-0.05, 0) is 35.9 Å². The highest BCUT2D eigenvalue weighted by molar-refractivity contribution is 6.35. The molecule has 18 heavy (non-hydrogen) atoms. The fourth-order valence-electron chi connectivity index (χ4n) is 1.69. The van der Waals surface area contributed by atoms with Gasteiger partial charge < -0.3 is 5.32 Å². The third kappa shape index (κ3) is 2.66. The fourth-order valence-corrected chi connectivity index (χ4v) is 2.09. The molecule has 0 fully saturated rings. The highest BCUT2D eigenvalue weighted by Crippen LogP contribution is 2.30. The van der Waals surface area contributed by atoms with Crippen molar-refractivity contribution in [3.05, 3.63) is 58.1 Å². The van der Waals surface area contributed by atoms with Crippen molar-refractivity contribution in [2.24, 2.45) is 0 Å². The summed E-state index contributed by atoms with van der Waals surface area (Å²) in [7, 11) is 1.60. The van der Waals surface area contributed by atoms with Crippen molar-refractivity contribution in [2.45, 2.75) is 0 Å². The van der Waals surface area contributed by atoms with Crippen molar-refractivity contribution in [1.82, 2.24) is 5.32 Å². The van der Waals surface area contributed by atoms with Crippen LogP contribution in [0.15, 0.2) is 42.5 Å². The number of hydrogen-bond acceptors (Lipinski definition) is 1. The predicted octanol–water partition coefficient (Wildman–Crippen LogP) is 4.02. The first-order valence-electron chi connectivity index (χ1n) is 5.39. The molecule has 4 heteroatoms. The molecular formula is C14H11Cl2NO. The summed E-state index contributed by atoms with van der Waals surface area (Å²) in [4.78, 5) is 11.6. The molecule has 0 saturated heterocycles. The van der Waals surface area contributed by atoms with Crippen LogP contribution in [0.1, 0.15) is 10.4 Å². The molecule has 92 valence electrons. The Balaban J connectivity index is 2.51. The lowest BCUT2D eigenvalue weighted by Gasteiger charge is -2.07. The Morgan fingerprint density at radius 3 is 2.61 bits per heavy atom. The summed E-state index contributed by atoms with van der Waals surface area (Å²) in [6, 6.07) is 12.5. The van der Waals surface area contributed by atoms with Crippen LogP contribution in [0.4, 0.5) is 0 Å². The third-order valence-corrected chi connectivity index (χ3v) is 3.16. The van der Waals surface area contributed by atoms with Crippen molar-refractivity contribution in [3.63, 3.8) is 0 Å². The number of nitrogens with one attached hydrogen (secondary N) is 1. The lowest BCUT2D eigenvalue weighted by atomic mass is 10.0. The summed E-state index contributed by atoms with van der Waals surface area (Å²) in [6.07, 6.45) is 0. The quantitative estimate of drug-likeness (QED) is 0.884. The van der Waals surface area contributed by atoms with Crippen molar-refractivity contribution in [3.8, 4) is 11.1 Å². The van der Waals surface area contributed by atoms with E-state index in [1.807, 2.05) is 12.1 Å². The number of rotatable bonds is 2. The van der Waals surface area contributed by atoms with E-state index in [1.54, 1.807) is 37.4 Å². The highest BCUT2D eigenvalue weighted by atomic mass is 35.5. The van der Waals surface area contributed by atoms with Gasteiger partial charge in [0.25, 0.3) is 5.91 Å². The highest BCUT2D eigenvalue weighted by Gasteiger charge is 2.08. The first-order valence-corrected chi connectivity index (χ1v) is 6.15. The Kier molecular flexibility index (Phi) is 3.90. The number of hydrogen-bond donors (Lipinski definition) is 1. The molecule has 0 unspecified atom stereocenters. The number of halogens is 2. The summed E-state index contributed by atoms with van der Waals surface area (Å²) in [5, 5.41) is 3.80. The van der Waals surface area contributed by atoms with E-state index in [9.17, 15) is 4.79 Å². The van der Waals surface area contributed by atoms with Gasteiger partial charge in [-0.25, -0.2) is 0 Å². The topological polar surface area (TPSA) is 29.1 Å². The molecule has 2 rings (SSSR count). The smallest absolute Gasteiger partial charge is 0.251 e. The average Bonchev–Trinajstić information content (AvgIpc) is 2.40. The summed E-state index contributed by atoms with van der Waals surface area (Å²) >= 11 is 12.1. The fraction of sp³-hybridized carbons (Fsp3) is 0.0714. The maximum Gasteiger partial charge on any atom is 0.251 e. The zero-order chi connectivity index (χ0) is 13.1. The zero-order valence-electron chi connectivity index (χ0n) is 9.71. The van der Waals surface area contributed by atoms with Crippen LogP contribution in [0.3, 0.4) is 0 Å². The molecule has 0 aliphatic carbocycles. The molecule has 0 bridgehead atoms. The van der Waals surface area contributed by atoms with Crippen molar-refractivity contribution < 1.29 is 4.79 Å².